The smallest absolute Gasteiger partial charge is 0.268 e. The number of nitrogens with zero attached hydrogens (tertiary/aromatic N) is 2. The average Bonchev–Trinajstić information content (AvgIpc) is 2.86. The molecular formula is C25H28N2O6S. The molecule has 0 spiro atoms. The highest BCUT2D eigenvalue weighted by Crippen LogP contribution is 2.32. The second-order valence-corrected chi connectivity index (χ2v) is 9.35. The van der Waals surface area contributed by atoms with Gasteiger partial charge in [-0.05, 0) is 48.9 Å². The van der Waals surface area contributed by atoms with Gasteiger partial charge in [0.05, 0.1) is 27.0 Å². The highest BCUT2D eigenvalue weighted by Gasteiger charge is 2.31. The van der Waals surface area contributed by atoms with E-state index in [0.29, 0.717) is 17.2 Å². The van der Waals surface area contributed by atoms with Crippen LogP contribution >= 0.6 is 0 Å². The highest BCUT2D eigenvalue weighted by molar-refractivity contribution is 7.93. The molecule has 0 saturated carbocycles. The molecule has 0 unspecified atom stereocenters. The lowest BCUT2D eigenvalue weighted by molar-refractivity contribution is -0.116. The molecule has 0 atom stereocenters. The maximum Gasteiger partial charge on any atom is 0.268 e. The molecule has 0 N–H and O–H groups in total. The molecule has 3 aromatic rings. The fourth-order valence-corrected chi connectivity index (χ4v) is 5.03. The molecule has 0 aliphatic rings. The Bertz CT molecular complexity index is 1280. The summed E-state index contributed by atoms with van der Waals surface area (Å²) in [6.07, 6.45) is 0. The molecule has 9 heteroatoms. The summed E-state index contributed by atoms with van der Waals surface area (Å²) >= 11 is 0. The molecule has 34 heavy (non-hydrogen) atoms. The number of carbonyl (C=O) groups is 1. The number of hydrogen-bond donors (Lipinski definition) is 0. The van der Waals surface area contributed by atoms with Crippen LogP contribution in [0.5, 0.6) is 17.2 Å². The zero-order chi connectivity index (χ0) is 24.9. The highest BCUT2D eigenvalue weighted by atomic mass is 32.2. The van der Waals surface area contributed by atoms with Crippen LogP contribution in [-0.4, -0.2) is 49.2 Å². The standard InChI is InChI=1S/C25H28N2O6S/c1-18-12-13-23(33-5)24(14-18)34(29,30)27(20-9-7-11-22(16-20)32-4)17-25(28)26(2)19-8-6-10-21(15-19)31-3/h6-16H,17H2,1-5H3. The molecule has 1 amide bonds. The maximum absolute atomic E-state index is 13.9. The Morgan fingerprint density at radius 1 is 0.824 bits per heavy atom. The van der Waals surface area contributed by atoms with Gasteiger partial charge in [-0.3, -0.25) is 9.10 Å². The van der Waals surface area contributed by atoms with E-state index in [1.807, 2.05) is 0 Å². The van der Waals surface area contributed by atoms with Crippen molar-refractivity contribution >= 4 is 27.3 Å². The lowest BCUT2D eigenvalue weighted by Crippen LogP contribution is -2.42. The van der Waals surface area contributed by atoms with Crippen molar-refractivity contribution in [1.82, 2.24) is 0 Å². The van der Waals surface area contributed by atoms with E-state index < -0.39 is 22.5 Å². The van der Waals surface area contributed by atoms with Gasteiger partial charge >= 0.3 is 0 Å². The van der Waals surface area contributed by atoms with E-state index in [1.165, 1.54) is 32.3 Å². The lowest BCUT2D eigenvalue weighted by atomic mass is 10.2. The summed E-state index contributed by atoms with van der Waals surface area (Å²) in [5.41, 5.74) is 1.60. The van der Waals surface area contributed by atoms with Crippen LogP contribution in [0.15, 0.2) is 71.6 Å². The number of ether oxygens (including phenoxy) is 3. The van der Waals surface area contributed by atoms with Crippen LogP contribution in [0.3, 0.4) is 0 Å². The minimum Gasteiger partial charge on any atom is -0.497 e. The molecule has 0 radical (unpaired) electrons. The lowest BCUT2D eigenvalue weighted by Gasteiger charge is -2.27. The first-order valence-corrected chi connectivity index (χ1v) is 11.9. The molecule has 3 rings (SSSR count). The van der Waals surface area contributed by atoms with E-state index in [9.17, 15) is 13.2 Å². The van der Waals surface area contributed by atoms with Crippen molar-refractivity contribution in [2.45, 2.75) is 11.8 Å². The third kappa shape index (κ3) is 5.26. The minimum atomic E-state index is -4.19. The first-order chi connectivity index (χ1) is 16.2. The molecule has 0 aliphatic carbocycles. The molecular weight excluding hydrogens is 456 g/mol. The Labute approximate surface area is 200 Å². The van der Waals surface area contributed by atoms with Crippen molar-refractivity contribution in [3.05, 3.63) is 72.3 Å². The normalized spacial score (nSPS) is 11.0. The van der Waals surface area contributed by atoms with Gasteiger partial charge < -0.3 is 19.1 Å². The Morgan fingerprint density at radius 3 is 2.00 bits per heavy atom. The van der Waals surface area contributed by atoms with Crippen LogP contribution in [0.25, 0.3) is 0 Å². The van der Waals surface area contributed by atoms with Gasteiger partial charge in [0.2, 0.25) is 5.91 Å². The van der Waals surface area contributed by atoms with Gasteiger partial charge in [0, 0.05) is 24.9 Å². The van der Waals surface area contributed by atoms with E-state index in [0.717, 1.165) is 9.87 Å². The van der Waals surface area contributed by atoms with Crippen LogP contribution in [0, 0.1) is 6.92 Å². The predicted molar refractivity (Wildman–Crippen MR) is 132 cm³/mol. The van der Waals surface area contributed by atoms with Gasteiger partial charge in [-0.2, -0.15) is 0 Å². The van der Waals surface area contributed by atoms with Gasteiger partial charge in [0.1, 0.15) is 28.7 Å². The summed E-state index contributed by atoms with van der Waals surface area (Å²) in [5.74, 6) is 0.791. The van der Waals surface area contributed by atoms with Crippen molar-refractivity contribution in [2.24, 2.45) is 0 Å². The first-order valence-electron chi connectivity index (χ1n) is 10.4. The quantitative estimate of drug-likeness (QED) is 0.458. The zero-order valence-corrected chi connectivity index (χ0v) is 20.6. The van der Waals surface area contributed by atoms with Crippen LogP contribution in [0.4, 0.5) is 11.4 Å². The second kappa shape index (κ2) is 10.5. The Hall–Kier alpha value is -3.72. The molecule has 0 bridgehead atoms. The summed E-state index contributed by atoms with van der Waals surface area (Å²) in [7, 11) is 1.83. The predicted octanol–water partition coefficient (Wildman–Crippen LogP) is 3.88. The number of hydrogen-bond acceptors (Lipinski definition) is 6. The number of amides is 1. The molecule has 0 fully saturated rings. The third-order valence-electron chi connectivity index (χ3n) is 5.32. The number of methoxy groups -OCH3 is 3. The summed E-state index contributed by atoms with van der Waals surface area (Å²) < 4.78 is 44.7. The van der Waals surface area contributed by atoms with Crippen molar-refractivity contribution in [1.29, 1.82) is 0 Å². The fraction of sp³-hybridized carbons (Fsp3) is 0.240. The van der Waals surface area contributed by atoms with E-state index in [1.54, 1.807) is 74.6 Å². The monoisotopic (exact) mass is 484 g/mol. The molecule has 8 nitrogen and oxygen atoms in total. The SMILES string of the molecule is COc1cccc(N(C)C(=O)CN(c2cccc(OC)c2)S(=O)(=O)c2cc(C)ccc2OC)c1. The van der Waals surface area contributed by atoms with E-state index in [-0.39, 0.29) is 16.3 Å². The number of sulfonamides is 1. The van der Waals surface area contributed by atoms with Gasteiger partial charge in [-0.1, -0.05) is 18.2 Å². The van der Waals surface area contributed by atoms with Crippen LogP contribution in [0.1, 0.15) is 5.56 Å². The Morgan fingerprint density at radius 2 is 1.41 bits per heavy atom. The molecule has 3 aromatic carbocycles. The second-order valence-electron chi connectivity index (χ2n) is 7.52. The molecule has 0 heterocycles. The largest absolute Gasteiger partial charge is 0.497 e. The number of aryl methyl sites for hydroxylation is 1. The average molecular weight is 485 g/mol. The Balaban J connectivity index is 2.07. The van der Waals surface area contributed by atoms with Gasteiger partial charge in [0.15, 0.2) is 0 Å². The summed E-state index contributed by atoms with van der Waals surface area (Å²) in [6, 6.07) is 18.4. The first kappa shape index (κ1) is 24.9. The van der Waals surface area contributed by atoms with E-state index in [4.69, 9.17) is 14.2 Å². The van der Waals surface area contributed by atoms with E-state index in [2.05, 4.69) is 0 Å². The summed E-state index contributed by atoms with van der Waals surface area (Å²) in [4.78, 5) is 14.7. The molecule has 180 valence electrons. The summed E-state index contributed by atoms with van der Waals surface area (Å²) in [6.45, 7) is 1.34. The Kier molecular flexibility index (Phi) is 7.68. The van der Waals surface area contributed by atoms with E-state index >= 15 is 0 Å². The van der Waals surface area contributed by atoms with Crippen molar-refractivity contribution in [2.75, 3.05) is 44.1 Å². The number of rotatable bonds is 9. The van der Waals surface area contributed by atoms with Crippen LogP contribution < -0.4 is 23.4 Å². The summed E-state index contributed by atoms with van der Waals surface area (Å²) in [5, 5.41) is 0. The van der Waals surface area contributed by atoms with Crippen LogP contribution in [0.2, 0.25) is 0 Å². The van der Waals surface area contributed by atoms with Gasteiger partial charge in [-0.25, -0.2) is 8.42 Å². The van der Waals surface area contributed by atoms with Gasteiger partial charge in [-0.15, -0.1) is 0 Å². The van der Waals surface area contributed by atoms with Crippen molar-refractivity contribution in [3.63, 3.8) is 0 Å². The topological polar surface area (TPSA) is 85.4 Å². The minimum absolute atomic E-state index is 0.0327. The van der Waals surface area contributed by atoms with Gasteiger partial charge in [0.25, 0.3) is 10.0 Å². The van der Waals surface area contributed by atoms with Crippen molar-refractivity contribution < 1.29 is 27.4 Å². The molecule has 0 saturated heterocycles. The maximum atomic E-state index is 13.9. The number of benzene rings is 3. The van der Waals surface area contributed by atoms with Crippen LogP contribution in [-0.2, 0) is 14.8 Å². The number of anilines is 2. The molecule has 0 aromatic heterocycles. The fourth-order valence-electron chi connectivity index (χ4n) is 3.38. The number of likely N-dealkylation sites (N-methyl/N-ethyl adjacent to an activating group) is 1. The third-order valence-corrected chi connectivity index (χ3v) is 7.12. The molecule has 0 aliphatic heterocycles. The van der Waals surface area contributed by atoms with Crippen molar-refractivity contribution in [3.8, 4) is 17.2 Å². The number of carbonyl (C=O) groups excluding carboxylic acids is 1. The zero-order valence-electron chi connectivity index (χ0n) is 19.8.